The second-order valence-electron chi connectivity index (χ2n) is 5.97. The van der Waals surface area contributed by atoms with Crippen LogP contribution in [-0.4, -0.2) is 36.1 Å². The second kappa shape index (κ2) is 8.16. The molecule has 0 saturated carbocycles. The number of ether oxygens (including phenoxy) is 1. The van der Waals surface area contributed by atoms with E-state index in [0.717, 1.165) is 18.9 Å². The van der Waals surface area contributed by atoms with Crippen molar-refractivity contribution < 1.29 is 9.53 Å². The molecule has 0 bridgehead atoms. The fraction of sp³-hybridized carbons (Fsp3) is 0.389. The van der Waals surface area contributed by atoms with Crippen molar-refractivity contribution in [3.05, 3.63) is 41.2 Å². The largest absolute Gasteiger partial charge is 0.465 e. The number of benzene rings is 1. The Balaban J connectivity index is 1.81. The molecule has 1 aromatic carbocycles. The van der Waals surface area contributed by atoms with Gasteiger partial charge in [0.05, 0.1) is 23.4 Å². The molecule has 2 heterocycles. The highest BCUT2D eigenvalue weighted by Gasteiger charge is 2.13. The molecule has 132 valence electrons. The first kappa shape index (κ1) is 17.5. The lowest BCUT2D eigenvalue weighted by molar-refractivity contribution is 0.0601. The van der Waals surface area contributed by atoms with Crippen LogP contribution in [0.15, 0.2) is 30.6 Å². The summed E-state index contributed by atoms with van der Waals surface area (Å²) < 4.78 is 4.75. The molecular weight excluding hydrogens is 340 g/mol. The Morgan fingerprint density at radius 1 is 1.16 bits per heavy atom. The summed E-state index contributed by atoms with van der Waals surface area (Å²) in [4.78, 5) is 22.6. The van der Waals surface area contributed by atoms with E-state index in [4.69, 9.17) is 16.3 Å². The number of carbonyl (C=O) groups excluding carboxylic acids is 1. The maximum Gasteiger partial charge on any atom is 0.337 e. The van der Waals surface area contributed by atoms with Gasteiger partial charge in [0.1, 0.15) is 18.0 Å². The van der Waals surface area contributed by atoms with Crippen molar-refractivity contribution in [3.63, 3.8) is 0 Å². The quantitative estimate of drug-likeness (QED) is 0.830. The molecule has 0 radical (unpaired) electrons. The van der Waals surface area contributed by atoms with Crippen molar-refractivity contribution >= 4 is 34.9 Å². The molecule has 7 heteroatoms. The van der Waals surface area contributed by atoms with Gasteiger partial charge in [-0.1, -0.05) is 24.4 Å². The number of carbonyl (C=O) groups is 1. The highest BCUT2D eigenvalue weighted by atomic mass is 35.5. The Hall–Kier alpha value is -2.34. The number of nitrogens with one attached hydrogen (secondary N) is 1. The van der Waals surface area contributed by atoms with Crippen LogP contribution in [0.2, 0.25) is 5.02 Å². The molecule has 2 aromatic rings. The van der Waals surface area contributed by atoms with E-state index in [-0.39, 0.29) is 0 Å². The molecule has 0 amide bonds. The molecule has 1 fully saturated rings. The lowest BCUT2D eigenvalue weighted by Gasteiger charge is -2.21. The number of methoxy groups -OCH3 is 1. The van der Waals surface area contributed by atoms with Crippen LogP contribution in [0.4, 0.5) is 17.3 Å². The molecule has 0 atom stereocenters. The summed E-state index contributed by atoms with van der Waals surface area (Å²) >= 11 is 6.24. The van der Waals surface area contributed by atoms with Crippen LogP contribution in [0.1, 0.15) is 36.0 Å². The van der Waals surface area contributed by atoms with Crippen molar-refractivity contribution in [2.24, 2.45) is 0 Å². The molecule has 1 saturated heterocycles. The highest BCUT2D eigenvalue weighted by molar-refractivity contribution is 6.33. The molecular formula is C18H21ClN4O2. The van der Waals surface area contributed by atoms with E-state index in [9.17, 15) is 4.79 Å². The van der Waals surface area contributed by atoms with Crippen LogP contribution < -0.4 is 10.2 Å². The van der Waals surface area contributed by atoms with Crippen molar-refractivity contribution in [1.82, 2.24) is 9.97 Å². The number of esters is 1. The summed E-state index contributed by atoms with van der Waals surface area (Å²) in [6, 6.07) is 6.85. The van der Waals surface area contributed by atoms with E-state index >= 15 is 0 Å². The zero-order chi connectivity index (χ0) is 17.6. The Kier molecular flexibility index (Phi) is 5.71. The Morgan fingerprint density at radius 3 is 2.64 bits per heavy atom. The van der Waals surface area contributed by atoms with E-state index in [1.54, 1.807) is 24.5 Å². The van der Waals surface area contributed by atoms with Crippen LogP contribution in [0, 0.1) is 0 Å². The first-order valence-electron chi connectivity index (χ1n) is 8.39. The minimum absolute atomic E-state index is 0.410. The summed E-state index contributed by atoms with van der Waals surface area (Å²) in [5.41, 5.74) is 1.03. The SMILES string of the molecule is COC(=O)c1ccc(Cl)c(Nc2cc(N3CCCCCC3)ncn2)c1. The summed E-state index contributed by atoms with van der Waals surface area (Å²) in [5.74, 6) is 1.13. The number of aromatic nitrogens is 2. The third-order valence-electron chi connectivity index (χ3n) is 4.23. The van der Waals surface area contributed by atoms with Gasteiger partial charge in [-0.2, -0.15) is 0 Å². The number of hydrogen-bond donors (Lipinski definition) is 1. The summed E-state index contributed by atoms with van der Waals surface area (Å²) in [5, 5.41) is 3.67. The average Bonchev–Trinajstić information content (AvgIpc) is 2.92. The van der Waals surface area contributed by atoms with Gasteiger partial charge in [0.15, 0.2) is 0 Å². The Bertz CT molecular complexity index is 746. The number of anilines is 3. The molecule has 1 aromatic heterocycles. The smallest absolute Gasteiger partial charge is 0.337 e. The van der Waals surface area contributed by atoms with Crippen LogP contribution in [0.25, 0.3) is 0 Å². The van der Waals surface area contributed by atoms with Crippen LogP contribution in [0.3, 0.4) is 0 Å². The third kappa shape index (κ3) is 4.39. The van der Waals surface area contributed by atoms with Gasteiger partial charge in [-0.25, -0.2) is 14.8 Å². The van der Waals surface area contributed by atoms with Gasteiger partial charge in [-0.15, -0.1) is 0 Å². The predicted octanol–water partition coefficient (Wildman–Crippen LogP) is 4.04. The zero-order valence-electron chi connectivity index (χ0n) is 14.2. The fourth-order valence-electron chi connectivity index (χ4n) is 2.89. The van der Waals surface area contributed by atoms with Crippen LogP contribution in [-0.2, 0) is 4.74 Å². The monoisotopic (exact) mass is 360 g/mol. The van der Waals surface area contributed by atoms with Gasteiger partial charge < -0.3 is 15.0 Å². The minimum Gasteiger partial charge on any atom is -0.465 e. The molecule has 0 aliphatic carbocycles. The molecule has 0 unspecified atom stereocenters. The standard InChI is InChI=1S/C18H21ClN4O2/c1-25-18(24)13-6-7-14(19)15(10-13)22-16-11-17(21-12-20-16)23-8-4-2-3-5-9-23/h6-7,10-12H,2-5,8-9H2,1H3,(H,20,21,22). The fourth-order valence-corrected chi connectivity index (χ4v) is 3.06. The zero-order valence-corrected chi connectivity index (χ0v) is 14.9. The maximum atomic E-state index is 11.7. The molecule has 1 aliphatic heterocycles. The van der Waals surface area contributed by atoms with E-state index < -0.39 is 5.97 Å². The lowest BCUT2D eigenvalue weighted by Crippen LogP contribution is -2.25. The molecule has 1 aliphatic rings. The minimum atomic E-state index is -0.410. The normalized spacial score (nSPS) is 14.7. The van der Waals surface area contributed by atoms with E-state index in [0.29, 0.717) is 22.1 Å². The Labute approximate surface area is 152 Å². The van der Waals surface area contributed by atoms with Gasteiger partial charge in [-0.3, -0.25) is 0 Å². The number of hydrogen-bond acceptors (Lipinski definition) is 6. The third-order valence-corrected chi connectivity index (χ3v) is 4.56. The Morgan fingerprint density at radius 2 is 1.92 bits per heavy atom. The van der Waals surface area contributed by atoms with Gasteiger partial charge in [0.25, 0.3) is 0 Å². The van der Waals surface area contributed by atoms with Crippen molar-refractivity contribution in [2.75, 3.05) is 30.4 Å². The van der Waals surface area contributed by atoms with Crippen molar-refractivity contribution in [1.29, 1.82) is 0 Å². The number of halogens is 1. The summed E-state index contributed by atoms with van der Waals surface area (Å²) in [6.07, 6.45) is 6.44. The van der Waals surface area contributed by atoms with E-state index in [1.807, 2.05) is 6.07 Å². The number of rotatable bonds is 4. The summed E-state index contributed by atoms with van der Waals surface area (Å²) in [6.45, 7) is 2.02. The van der Waals surface area contributed by atoms with Gasteiger partial charge >= 0.3 is 5.97 Å². The molecule has 25 heavy (non-hydrogen) atoms. The average molecular weight is 361 g/mol. The maximum absolute atomic E-state index is 11.7. The highest BCUT2D eigenvalue weighted by Crippen LogP contribution is 2.27. The summed E-state index contributed by atoms with van der Waals surface area (Å²) in [7, 11) is 1.35. The van der Waals surface area contributed by atoms with Gasteiger partial charge in [0, 0.05) is 19.2 Å². The molecule has 1 N–H and O–H groups in total. The topological polar surface area (TPSA) is 67.3 Å². The van der Waals surface area contributed by atoms with Gasteiger partial charge in [-0.05, 0) is 31.0 Å². The molecule has 6 nitrogen and oxygen atoms in total. The second-order valence-corrected chi connectivity index (χ2v) is 6.38. The lowest BCUT2D eigenvalue weighted by atomic mass is 10.2. The van der Waals surface area contributed by atoms with Crippen LogP contribution in [0.5, 0.6) is 0 Å². The van der Waals surface area contributed by atoms with Gasteiger partial charge in [0.2, 0.25) is 0 Å². The first-order valence-corrected chi connectivity index (χ1v) is 8.77. The molecule has 3 rings (SSSR count). The van der Waals surface area contributed by atoms with Crippen LogP contribution >= 0.6 is 11.6 Å². The van der Waals surface area contributed by atoms with E-state index in [2.05, 4.69) is 20.2 Å². The van der Waals surface area contributed by atoms with Crippen molar-refractivity contribution in [2.45, 2.75) is 25.7 Å². The predicted molar refractivity (Wildman–Crippen MR) is 98.8 cm³/mol. The van der Waals surface area contributed by atoms with Crippen molar-refractivity contribution in [3.8, 4) is 0 Å². The molecule has 0 spiro atoms. The first-order chi connectivity index (χ1) is 12.2. The van der Waals surface area contributed by atoms with E-state index in [1.165, 1.54) is 32.8 Å². The number of nitrogens with zero attached hydrogens (tertiary/aromatic N) is 3.